The molecule has 2 N–H and O–H groups in total. The smallest absolute Gasteiger partial charge is 0.254 e. The first-order valence-corrected chi connectivity index (χ1v) is 6.96. The zero-order valence-electron chi connectivity index (χ0n) is 11.3. The molecule has 1 aliphatic heterocycles. The van der Waals surface area contributed by atoms with Crippen LogP contribution in [0, 0.1) is 0 Å². The third-order valence-corrected chi connectivity index (χ3v) is 3.92. The Balaban J connectivity index is 1.96. The van der Waals surface area contributed by atoms with Gasteiger partial charge in [-0.3, -0.25) is 4.79 Å². The van der Waals surface area contributed by atoms with Crippen LogP contribution in [0.3, 0.4) is 0 Å². The molecule has 1 aliphatic rings. The van der Waals surface area contributed by atoms with Crippen LogP contribution in [-0.2, 0) is 0 Å². The molecule has 20 heavy (non-hydrogen) atoms. The fourth-order valence-corrected chi connectivity index (χ4v) is 2.65. The van der Waals surface area contributed by atoms with Crippen molar-refractivity contribution in [3.63, 3.8) is 0 Å². The summed E-state index contributed by atoms with van der Waals surface area (Å²) < 4.78 is 0. The quantitative estimate of drug-likeness (QED) is 0.928. The third-order valence-electron chi connectivity index (χ3n) is 3.92. The van der Waals surface area contributed by atoms with Gasteiger partial charge in [0, 0.05) is 24.7 Å². The minimum Gasteiger partial charge on any atom is -0.334 e. The van der Waals surface area contributed by atoms with Crippen LogP contribution in [0.4, 0.5) is 0 Å². The summed E-state index contributed by atoms with van der Waals surface area (Å²) >= 11 is 0. The molecule has 0 bridgehead atoms. The molecule has 0 aliphatic carbocycles. The molecule has 2 aromatic carbocycles. The molecule has 1 atom stereocenters. The number of amides is 1. The van der Waals surface area contributed by atoms with Gasteiger partial charge in [0.2, 0.25) is 0 Å². The Bertz CT molecular complexity index is 607. The second-order valence-electron chi connectivity index (χ2n) is 5.09. The number of likely N-dealkylation sites (tertiary alicyclic amines) is 1. The monoisotopic (exact) mass is 266 g/mol. The normalized spacial score (nSPS) is 17.6. The summed E-state index contributed by atoms with van der Waals surface area (Å²) in [6.45, 7) is 1.35. The van der Waals surface area contributed by atoms with Crippen LogP contribution in [0.1, 0.15) is 16.8 Å². The lowest BCUT2D eigenvalue weighted by Crippen LogP contribution is -2.54. The highest BCUT2D eigenvalue weighted by Gasteiger charge is 2.32. The SMILES string of the molecule is NCC1CCN1C(=O)c1ccccc1-c1ccccc1. The Kier molecular flexibility index (Phi) is 3.52. The van der Waals surface area contributed by atoms with Crippen molar-refractivity contribution in [1.29, 1.82) is 0 Å². The minimum absolute atomic E-state index is 0.0890. The highest BCUT2D eigenvalue weighted by Crippen LogP contribution is 2.27. The van der Waals surface area contributed by atoms with E-state index < -0.39 is 0 Å². The largest absolute Gasteiger partial charge is 0.334 e. The zero-order chi connectivity index (χ0) is 13.9. The number of rotatable bonds is 3. The van der Waals surface area contributed by atoms with Crippen molar-refractivity contribution in [2.75, 3.05) is 13.1 Å². The lowest BCUT2D eigenvalue weighted by Gasteiger charge is -2.40. The fraction of sp³-hybridized carbons (Fsp3) is 0.235. The van der Waals surface area contributed by atoms with Gasteiger partial charge in [0.1, 0.15) is 0 Å². The highest BCUT2D eigenvalue weighted by molar-refractivity contribution is 6.01. The van der Waals surface area contributed by atoms with E-state index in [2.05, 4.69) is 0 Å². The predicted octanol–water partition coefficient (Wildman–Crippen LogP) is 2.53. The number of hydrogen-bond acceptors (Lipinski definition) is 2. The highest BCUT2D eigenvalue weighted by atomic mass is 16.2. The fourth-order valence-electron chi connectivity index (χ4n) is 2.65. The van der Waals surface area contributed by atoms with Crippen LogP contribution in [0.25, 0.3) is 11.1 Å². The Morgan fingerprint density at radius 3 is 2.45 bits per heavy atom. The second kappa shape index (κ2) is 5.47. The van der Waals surface area contributed by atoms with Crippen LogP contribution in [0.15, 0.2) is 54.6 Å². The first-order valence-electron chi connectivity index (χ1n) is 6.96. The topological polar surface area (TPSA) is 46.3 Å². The summed E-state index contributed by atoms with van der Waals surface area (Å²) in [5.41, 5.74) is 8.51. The molecule has 0 saturated carbocycles. The van der Waals surface area contributed by atoms with Gasteiger partial charge < -0.3 is 10.6 Å². The average Bonchev–Trinajstić information content (AvgIpc) is 2.47. The van der Waals surface area contributed by atoms with Crippen LogP contribution in [-0.4, -0.2) is 29.9 Å². The maximum Gasteiger partial charge on any atom is 0.254 e. The molecule has 1 saturated heterocycles. The van der Waals surface area contributed by atoms with Gasteiger partial charge in [0.15, 0.2) is 0 Å². The standard InChI is InChI=1S/C17H18N2O/c18-12-14-10-11-19(14)17(20)16-9-5-4-8-15(16)13-6-2-1-3-7-13/h1-9,14H,10-12,18H2. The molecule has 3 rings (SSSR count). The van der Waals surface area contributed by atoms with Crippen LogP contribution >= 0.6 is 0 Å². The minimum atomic E-state index is 0.0890. The van der Waals surface area contributed by atoms with Gasteiger partial charge in [-0.15, -0.1) is 0 Å². The molecule has 2 aromatic rings. The molecule has 0 radical (unpaired) electrons. The van der Waals surface area contributed by atoms with E-state index in [-0.39, 0.29) is 11.9 Å². The molecular formula is C17H18N2O. The Morgan fingerprint density at radius 2 is 1.80 bits per heavy atom. The van der Waals surface area contributed by atoms with E-state index in [0.29, 0.717) is 6.54 Å². The van der Waals surface area contributed by atoms with Crippen molar-refractivity contribution < 1.29 is 4.79 Å². The maximum atomic E-state index is 12.7. The number of carbonyl (C=O) groups is 1. The summed E-state index contributed by atoms with van der Waals surface area (Å²) in [5.74, 6) is 0.0890. The van der Waals surface area contributed by atoms with Crippen LogP contribution in [0.5, 0.6) is 0 Å². The van der Waals surface area contributed by atoms with Crippen molar-refractivity contribution in [3.8, 4) is 11.1 Å². The predicted molar refractivity (Wildman–Crippen MR) is 80.4 cm³/mol. The van der Waals surface area contributed by atoms with Gasteiger partial charge in [-0.1, -0.05) is 48.5 Å². The summed E-state index contributed by atoms with van der Waals surface area (Å²) in [5, 5.41) is 0. The number of hydrogen-bond donors (Lipinski definition) is 1. The van der Waals surface area contributed by atoms with E-state index in [9.17, 15) is 4.79 Å². The molecule has 102 valence electrons. The molecule has 3 heteroatoms. The van der Waals surface area contributed by atoms with Crippen LogP contribution < -0.4 is 5.73 Å². The van der Waals surface area contributed by atoms with Crippen molar-refractivity contribution in [3.05, 3.63) is 60.2 Å². The van der Waals surface area contributed by atoms with Gasteiger partial charge in [0.25, 0.3) is 5.91 Å². The lowest BCUT2D eigenvalue weighted by atomic mass is 9.96. The summed E-state index contributed by atoms with van der Waals surface area (Å²) in [6.07, 6.45) is 1.01. The number of carbonyl (C=O) groups excluding carboxylic acids is 1. The van der Waals surface area contributed by atoms with E-state index in [1.54, 1.807) is 0 Å². The van der Waals surface area contributed by atoms with Gasteiger partial charge in [-0.2, -0.15) is 0 Å². The van der Waals surface area contributed by atoms with Crippen molar-refractivity contribution in [2.24, 2.45) is 5.73 Å². The Morgan fingerprint density at radius 1 is 1.10 bits per heavy atom. The van der Waals surface area contributed by atoms with E-state index in [1.807, 2.05) is 59.5 Å². The summed E-state index contributed by atoms with van der Waals surface area (Å²) in [6, 6.07) is 18.0. The summed E-state index contributed by atoms with van der Waals surface area (Å²) in [7, 11) is 0. The molecule has 1 amide bonds. The first kappa shape index (κ1) is 12.9. The molecule has 0 spiro atoms. The first-order chi connectivity index (χ1) is 9.81. The molecule has 0 aromatic heterocycles. The van der Waals surface area contributed by atoms with Gasteiger partial charge in [-0.25, -0.2) is 0 Å². The molecular weight excluding hydrogens is 248 g/mol. The van der Waals surface area contributed by atoms with E-state index >= 15 is 0 Å². The molecule has 3 nitrogen and oxygen atoms in total. The Labute approximate surface area is 119 Å². The second-order valence-corrected chi connectivity index (χ2v) is 5.09. The maximum absolute atomic E-state index is 12.7. The van der Waals surface area contributed by atoms with E-state index in [1.165, 1.54) is 0 Å². The molecule has 1 unspecified atom stereocenters. The molecule has 1 heterocycles. The zero-order valence-corrected chi connectivity index (χ0v) is 11.3. The van der Waals surface area contributed by atoms with Crippen molar-refractivity contribution in [2.45, 2.75) is 12.5 Å². The molecule has 1 fully saturated rings. The van der Waals surface area contributed by atoms with Crippen molar-refractivity contribution in [1.82, 2.24) is 4.90 Å². The van der Waals surface area contributed by atoms with Crippen LogP contribution in [0.2, 0.25) is 0 Å². The average molecular weight is 266 g/mol. The van der Waals surface area contributed by atoms with Crippen molar-refractivity contribution >= 4 is 5.91 Å². The third kappa shape index (κ3) is 2.21. The number of nitrogens with two attached hydrogens (primary N) is 1. The van der Waals surface area contributed by atoms with Gasteiger partial charge in [0.05, 0.1) is 0 Å². The number of nitrogens with zero attached hydrogens (tertiary/aromatic N) is 1. The van der Waals surface area contributed by atoms with Gasteiger partial charge >= 0.3 is 0 Å². The van der Waals surface area contributed by atoms with Gasteiger partial charge in [-0.05, 0) is 23.6 Å². The van der Waals surface area contributed by atoms with E-state index in [4.69, 9.17) is 5.73 Å². The summed E-state index contributed by atoms with van der Waals surface area (Å²) in [4.78, 5) is 14.5. The lowest BCUT2D eigenvalue weighted by molar-refractivity contribution is 0.0482. The number of benzene rings is 2. The van der Waals surface area contributed by atoms with E-state index in [0.717, 1.165) is 29.7 Å². The Hall–Kier alpha value is -2.13.